The second kappa shape index (κ2) is 8.16. The quantitative estimate of drug-likeness (QED) is 0.770. The van der Waals surface area contributed by atoms with Crippen LogP contribution in [0.3, 0.4) is 0 Å². The molecule has 134 valence electrons. The van der Waals surface area contributed by atoms with Crippen LogP contribution < -0.4 is 9.62 Å². The van der Waals surface area contributed by atoms with Gasteiger partial charge in [0.2, 0.25) is 0 Å². The standard InChI is InChI=1S/C19H24N2O3S/c1-4-5-14-20-19(22)17-8-6-7-9-18(17)21(3)25(23,24)16-12-10-15(2)11-13-16/h6-13H,4-5,14H2,1-3H3,(H,20,22). The fraction of sp³-hybridized carbons (Fsp3) is 0.316. The lowest BCUT2D eigenvalue weighted by molar-refractivity contribution is 0.0954. The Morgan fingerprint density at radius 3 is 2.36 bits per heavy atom. The number of aryl methyl sites for hydroxylation is 1. The Balaban J connectivity index is 2.34. The molecule has 2 aromatic rings. The topological polar surface area (TPSA) is 66.5 Å². The molecular weight excluding hydrogens is 336 g/mol. The number of nitrogens with zero attached hydrogens (tertiary/aromatic N) is 1. The number of anilines is 1. The van der Waals surface area contributed by atoms with Crippen LogP contribution in [0.1, 0.15) is 35.7 Å². The molecule has 2 rings (SSSR count). The number of hydrogen-bond acceptors (Lipinski definition) is 3. The number of nitrogens with one attached hydrogen (secondary N) is 1. The highest BCUT2D eigenvalue weighted by Crippen LogP contribution is 2.25. The van der Waals surface area contributed by atoms with Crippen molar-refractivity contribution in [2.75, 3.05) is 17.9 Å². The van der Waals surface area contributed by atoms with Crippen molar-refractivity contribution in [1.29, 1.82) is 0 Å². The minimum absolute atomic E-state index is 0.196. The molecule has 0 bridgehead atoms. The summed E-state index contributed by atoms with van der Waals surface area (Å²) in [5, 5.41) is 2.83. The number of carbonyl (C=O) groups is 1. The van der Waals surface area contributed by atoms with E-state index in [1.165, 1.54) is 7.05 Å². The van der Waals surface area contributed by atoms with E-state index in [0.29, 0.717) is 17.8 Å². The van der Waals surface area contributed by atoms with Gasteiger partial charge in [-0.15, -0.1) is 0 Å². The average Bonchev–Trinajstić information content (AvgIpc) is 2.61. The van der Waals surface area contributed by atoms with Crippen LogP contribution in [0.5, 0.6) is 0 Å². The fourth-order valence-electron chi connectivity index (χ4n) is 2.41. The Hall–Kier alpha value is -2.34. The van der Waals surface area contributed by atoms with E-state index in [2.05, 4.69) is 5.32 Å². The largest absolute Gasteiger partial charge is 0.352 e. The number of amides is 1. The van der Waals surface area contributed by atoms with E-state index >= 15 is 0 Å². The van der Waals surface area contributed by atoms with Gasteiger partial charge in [0.05, 0.1) is 16.1 Å². The average molecular weight is 360 g/mol. The molecule has 0 unspecified atom stereocenters. The number of hydrogen-bond donors (Lipinski definition) is 1. The molecule has 0 heterocycles. The molecule has 0 atom stereocenters. The van der Waals surface area contributed by atoms with E-state index in [9.17, 15) is 13.2 Å². The number of carbonyl (C=O) groups excluding carboxylic acids is 1. The molecule has 0 aromatic heterocycles. The van der Waals surface area contributed by atoms with Crippen molar-refractivity contribution in [2.45, 2.75) is 31.6 Å². The highest BCUT2D eigenvalue weighted by Gasteiger charge is 2.24. The van der Waals surface area contributed by atoms with Gasteiger partial charge >= 0.3 is 0 Å². The predicted molar refractivity (Wildman–Crippen MR) is 100 cm³/mol. The van der Waals surface area contributed by atoms with Crippen LogP contribution in [0.4, 0.5) is 5.69 Å². The van der Waals surface area contributed by atoms with Crippen LogP contribution in [0.15, 0.2) is 53.4 Å². The molecule has 2 aromatic carbocycles. The molecule has 0 aliphatic heterocycles. The molecule has 0 aliphatic carbocycles. The lowest BCUT2D eigenvalue weighted by atomic mass is 10.1. The maximum Gasteiger partial charge on any atom is 0.264 e. The summed E-state index contributed by atoms with van der Waals surface area (Å²) in [6.07, 6.45) is 1.86. The molecule has 1 N–H and O–H groups in total. The van der Waals surface area contributed by atoms with E-state index in [0.717, 1.165) is 22.7 Å². The van der Waals surface area contributed by atoms with Crippen LogP contribution in [-0.4, -0.2) is 27.9 Å². The highest BCUT2D eigenvalue weighted by molar-refractivity contribution is 7.92. The van der Waals surface area contributed by atoms with Crippen molar-refractivity contribution >= 4 is 21.6 Å². The van der Waals surface area contributed by atoms with Gasteiger partial charge in [0.25, 0.3) is 15.9 Å². The van der Waals surface area contributed by atoms with Gasteiger partial charge in [-0.05, 0) is 37.6 Å². The summed E-state index contributed by atoms with van der Waals surface area (Å²) >= 11 is 0. The Morgan fingerprint density at radius 2 is 1.72 bits per heavy atom. The Morgan fingerprint density at radius 1 is 1.08 bits per heavy atom. The number of sulfonamides is 1. The van der Waals surface area contributed by atoms with Gasteiger partial charge in [0, 0.05) is 13.6 Å². The lowest BCUT2D eigenvalue weighted by Gasteiger charge is -2.22. The zero-order valence-corrected chi connectivity index (χ0v) is 15.6. The van der Waals surface area contributed by atoms with Gasteiger partial charge in [-0.2, -0.15) is 0 Å². The van der Waals surface area contributed by atoms with Crippen molar-refractivity contribution in [3.63, 3.8) is 0 Å². The zero-order chi connectivity index (χ0) is 18.4. The van der Waals surface area contributed by atoms with Crippen LogP contribution in [-0.2, 0) is 10.0 Å². The van der Waals surface area contributed by atoms with Crippen molar-refractivity contribution in [3.8, 4) is 0 Å². The molecule has 5 nitrogen and oxygen atoms in total. The summed E-state index contributed by atoms with van der Waals surface area (Å²) in [7, 11) is -2.27. The van der Waals surface area contributed by atoms with Crippen molar-refractivity contribution < 1.29 is 13.2 Å². The summed E-state index contributed by atoms with van der Waals surface area (Å²) in [4.78, 5) is 12.6. The Bertz CT molecular complexity index is 830. The van der Waals surface area contributed by atoms with Crippen LogP contribution in [0.25, 0.3) is 0 Å². The second-order valence-corrected chi connectivity index (χ2v) is 7.88. The normalized spacial score (nSPS) is 11.2. The number of benzene rings is 2. The molecule has 0 saturated heterocycles. The molecule has 0 fully saturated rings. The smallest absolute Gasteiger partial charge is 0.264 e. The van der Waals surface area contributed by atoms with Gasteiger partial charge in [0.1, 0.15) is 0 Å². The third-order valence-electron chi connectivity index (χ3n) is 3.98. The van der Waals surface area contributed by atoms with E-state index in [4.69, 9.17) is 0 Å². The lowest BCUT2D eigenvalue weighted by Crippen LogP contribution is -2.31. The molecule has 6 heteroatoms. The predicted octanol–water partition coefficient (Wildman–Crippen LogP) is 3.35. The molecule has 0 saturated carbocycles. The molecule has 0 radical (unpaired) electrons. The minimum atomic E-state index is -3.74. The van der Waals surface area contributed by atoms with Crippen LogP contribution in [0.2, 0.25) is 0 Å². The van der Waals surface area contributed by atoms with E-state index in [1.54, 1.807) is 48.5 Å². The first-order chi connectivity index (χ1) is 11.9. The highest BCUT2D eigenvalue weighted by atomic mass is 32.2. The third kappa shape index (κ3) is 4.39. The zero-order valence-electron chi connectivity index (χ0n) is 14.8. The molecule has 0 spiro atoms. The van der Waals surface area contributed by atoms with E-state index in [1.807, 2.05) is 13.8 Å². The Kier molecular flexibility index (Phi) is 6.20. The van der Waals surface area contributed by atoms with Gasteiger partial charge in [-0.3, -0.25) is 9.10 Å². The van der Waals surface area contributed by atoms with E-state index < -0.39 is 10.0 Å². The molecule has 1 amide bonds. The van der Waals surface area contributed by atoms with Gasteiger partial charge in [-0.1, -0.05) is 43.2 Å². The summed E-state index contributed by atoms with van der Waals surface area (Å²) in [6, 6.07) is 13.4. The number of para-hydroxylation sites is 1. The summed E-state index contributed by atoms with van der Waals surface area (Å²) < 4.78 is 26.9. The van der Waals surface area contributed by atoms with Crippen molar-refractivity contribution in [2.24, 2.45) is 0 Å². The first-order valence-corrected chi connectivity index (χ1v) is 9.74. The fourth-order valence-corrected chi connectivity index (χ4v) is 3.63. The maximum absolute atomic E-state index is 12.9. The summed E-state index contributed by atoms with van der Waals surface area (Å²) in [5.74, 6) is -0.269. The molecule has 25 heavy (non-hydrogen) atoms. The maximum atomic E-state index is 12.9. The second-order valence-electron chi connectivity index (χ2n) is 5.91. The SMILES string of the molecule is CCCCNC(=O)c1ccccc1N(C)S(=O)(=O)c1ccc(C)cc1. The number of unbranched alkanes of at least 4 members (excludes halogenated alkanes) is 1. The number of rotatable bonds is 7. The Labute approximate surface area is 149 Å². The van der Waals surface area contributed by atoms with Crippen LogP contribution >= 0.6 is 0 Å². The van der Waals surface area contributed by atoms with Gasteiger partial charge in [-0.25, -0.2) is 8.42 Å². The van der Waals surface area contributed by atoms with Crippen LogP contribution in [0, 0.1) is 6.92 Å². The first kappa shape index (κ1) is 19.0. The van der Waals surface area contributed by atoms with Gasteiger partial charge in [0.15, 0.2) is 0 Å². The molecular formula is C19H24N2O3S. The monoisotopic (exact) mass is 360 g/mol. The van der Waals surface area contributed by atoms with Crippen molar-refractivity contribution in [1.82, 2.24) is 5.32 Å². The van der Waals surface area contributed by atoms with Gasteiger partial charge < -0.3 is 5.32 Å². The van der Waals surface area contributed by atoms with Crippen molar-refractivity contribution in [3.05, 3.63) is 59.7 Å². The first-order valence-electron chi connectivity index (χ1n) is 8.30. The molecule has 0 aliphatic rings. The summed E-state index contributed by atoms with van der Waals surface area (Å²) in [6.45, 7) is 4.51. The summed E-state index contributed by atoms with van der Waals surface area (Å²) in [5.41, 5.74) is 1.69. The minimum Gasteiger partial charge on any atom is -0.352 e. The third-order valence-corrected chi connectivity index (χ3v) is 5.77. The van der Waals surface area contributed by atoms with E-state index in [-0.39, 0.29) is 10.8 Å².